The van der Waals surface area contributed by atoms with E-state index >= 15 is 0 Å². The first-order valence-corrected chi connectivity index (χ1v) is 16.8. The summed E-state index contributed by atoms with van der Waals surface area (Å²) in [5, 5.41) is 24.6. The Kier molecular flexibility index (Phi) is 9.98. The highest BCUT2D eigenvalue weighted by Gasteiger charge is 2.66. The molecule has 0 spiro atoms. The predicted octanol–water partition coefficient (Wildman–Crippen LogP) is 4.93. The van der Waals surface area contributed by atoms with Gasteiger partial charge in [-0.1, -0.05) is 74.5 Å². The number of allylic oxidation sites excluding steroid dienone is 1. The van der Waals surface area contributed by atoms with Crippen molar-refractivity contribution in [2.24, 2.45) is 11.8 Å². The van der Waals surface area contributed by atoms with E-state index in [1.165, 1.54) is 9.70 Å². The summed E-state index contributed by atoms with van der Waals surface area (Å²) < 4.78 is 32.6. The number of alkyl carbamates (subject to hydrolysis) is 1. The zero-order valence-electron chi connectivity index (χ0n) is 27.8. The van der Waals surface area contributed by atoms with Gasteiger partial charge in [-0.3, -0.25) is 9.59 Å². The number of cyclic esters (lactones) is 1. The van der Waals surface area contributed by atoms with Crippen molar-refractivity contribution in [3.05, 3.63) is 66.2 Å². The first kappa shape index (κ1) is 34.7. The number of halogens is 2. The maximum Gasteiger partial charge on any atom is 0.407 e. The lowest BCUT2D eigenvalue weighted by molar-refractivity contribution is -0.146. The second-order valence-electron chi connectivity index (χ2n) is 13.4. The van der Waals surface area contributed by atoms with Crippen LogP contribution in [0.25, 0.3) is 28.6 Å². The fourth-order valence-electron chi connectivity index (χ4n) is 6.68. The number of nitrogens with one attached hydrogen (secondary N) is 2. The smallest absolute Gasteiger partial charge is 0.407 e. The van der Waals surface area contributed by atoms with Gasteiger partial charge in [-0.25, -0.2) is 18.4 Å². The topological polar surface area (TPSA) is 156 Å². The van der Waals surface area contributed by atoms with Crippen LogP contribution in [0.2, 0.25) is 0 Å². The number of hydrogen-bond donors (Lipinski definition) is 3. The molecule has 14 heteroatoms. The monoisotopic (exact) mass is 690 g/mol. The molecule has 3 heterocycles. The van der Waals surface area contributed by atoms with Crippen molar-refractivity contribution in [3.8, 4) is 22.5 Å². The van der Waals surface area contributed by atoms with Crippen LogP contribution in [0.3, 0.4) is 0 Å². The molecule has 3 aliphatic rings. The van der Waals surface area contributed by atoms with Crippen LogP contribution >= 0.6 is 0 Å². The minimum absolute atomic E-state index is 0.0347. The molecular weight excluding hydrogens is 650 g/mol. The molecule has 6 bridgehead atoms. The molecule has 264 valence electrons. The third-order valence-corrected chi connectivity index (χ3v) is 9.59. The van der Waals surface area contributed by atoms with E-state index in [9.17, 15) is 33.1 Å². The maximum absolute atomic E-state index is 14.2. The van der Waals surface area contributed by atoms with Gasteiger partial charge in [-0.05, 0) is 43.2 Å². The molecule has 1 saturated heterocycles. The molecule has 2 fully saturated rings. The predicted molar refractivity (Wildman–Crippen MR) is 179 cm³/mol. The number of aromatic nitrogens is 3. The minimum Gasteiger partial charge on any atom is -0.479 e. The molecule has 3 amide bonds. The highest BCUT2D eigenvalue weighted by Crippen LogP contribution is 2.48. The van der Waals surface area contributed by atoms with Gasteiger partial charge < -0.3 is 25.4 Å². The number of carbonyl (C=O) groups excluding carboxylic acids is 3. The fourth-order valence-corrected chi connectivity index (χ4v) is 6.68. The van der Waals surface area contributed by atoms with Crippen LogP contribution in [-0.4, -0.2) is 86.1 Å². The van der Waals surface area contributed by atoms with Crippen LogP contribution in [0, 0.1) is 11.8 Å². The number of aliphatic carboxylic acids is 1. The number of rotatable bonds is 6. The second kappa shape index (κ2) is 14.4. The van der Waals surface area contributed by atoms with Gasteiger partial charge in [0, 0.05) is 24.1 Å². The Balaban J connectivity index is 1.42. The van der Waals surface area contributed by atoms with Crippen molar-refractivity contribution >= 4 is 30.0 Å². The third kappa shape index (κ3) is 7.10. The number of ether oxygens (including phenoxy) is 1. The first-order valence-electron chi connectivity index (χ1n) is 16.8. The second-order valence-corrected chi connectivity index (χ2v) is 13.4. The summed E-state index contributed by atoms with van der Waals surface area (Å²) in [7, 11) is 0. The number of carbonyl (C=O) groups is 4. The van der Waals surface area contributed by atoms with Crippen LogP contribution in [0.15, 0.2) is 60.7 Å². The summed E-state index contributed by atoms with van der Waals surface area (Å²) in [4.78, 5) is 55.7. The fraction of sp³-hybridized carbons (Fsp3) is 0.444. The quantitative estimate of drug-likeness (QED) is 0.329. The third-order valence-electron chi connectivity index (χ3n) is 9.59. The van der Waals surface area contributed by atoms with Crippen LogP contribution in [0.1, 0.15) is 57.6 Å². The van der Waals surface area contributed by atoms with Crippen molar-refractivity contribution in [2.45, 2.75) is 76.0 Å². The Labute approximate surface area is 287 Å². The Morgan fingerprint density at radius 3 is 2.44 bits per heavy atom. The zero-order chi connectivity index (χ0) is 35.6. The van der Waals surface area contributed by atoms with Gasteiger partial charge in [0.25, 0.3) is 0 Å². The molecule has 3 N–H and O–H groups in total. The van der Waals surface area contributed by atoms with Crippen LogP contribution in [-0.2, 0) is 19.1 Å². The normalized spacial score (nSPS) is 26.2. The van der Waals surface area contributed by atoms with E-state index < -0.39 is 72.2 Å². The van der Waals surface area contributed by atoms with E-state index in [2.05, 4.69) is 16.7 Å². The van der Waals surface area contributed by atoms with Gasteiger partial charge in [0.2, 0.25) is 18.2 Å². The number of fused-ring (bicyclic) bond motifs is 8. The van der Waals surface area contributed by atoms with Crippen molar-refractivity contribution in [1.29, 1.82) is 0 Å². The molecule has 2 aliphatic heterocycles. The van der Waals surface area contributed by atoms with E-state index in [1.807, 2.05) is 60.7 Å². The SMILES string of the molecule is CC(C)[C@@H]1NC(=O)OCCCC/C=C/c2cccc(c2)-c2nn(nc2-c2ccccc2)C2C[C@@H](C(=O)N[C@@]3(C(=O)O)C[C@H]3C(F)F)N(C2)C1=O. The van der Waals surface area contributed by atoms with Crippen LogP contribution < -0.4 is 10.6 Å². The summed E-state index contributed by atoms with van der Waals surface area (Å²) in [6, 6.07) is 14.3. The average Bonchev–Trinajstić information content (AvgIpc) is 3.43. The molecule has 6 rings (SSSR count). The number of benzene rings is 2. The van der Waals surface area contributed by atoms with E-state index in [-0.39, 0.29) is 19.6 Å². The van der Waals surface area contributed by atoms with Crippen LogP contribution in [0.5, 0.6) is 0 Å². The lowest BCUT2D eigenvalue weighted by atomic mass is 10.0. The average molecular weight is 691 g/mol. The summed E-state index contributed by atoms with van der Waals surface area (Å²) in [6.45, 7) is 3.53. The largest absolute Gasteiger partial charge is 0.479 e. The highest BCUT2D eigenvalue weighted by molar-refractivity contribution is 5.96. The van der Waals surface area contributed by atoms with E-state index in [0.717, 1.165) is 29.5 Å². The number of carboxylic acids is 1. The van der Waals surface area contributed by atoms with Gasteiger partial charge in [0.05, 0.1) is 18.6 Å². The van der Waals surface area contributed by atoms with E-state index in [0.29, 0.717) is 17.8 Å². The van der Waals surface area contributed by atoms with Crippen LogP contribution in [0.4, 0.5) is 13.6 Å². The summed E-state index contributed by atoms with van der Waals surface area (Å²) in [6.07, 6.45) is 1.98. The number of carboxylic acid groups (broad SMARTS) is 1. The standard InChI is InChI=1S/C36H40F2N6O6/c1-21(2)28-33(46)43-20-25(18-27(43)32(45)40-36(34(47)48)19-26(36)31(37)38)44-41-29(23-13-7-5-8-14-23)30(42-44)24-15-10-12-22(17-24)11-6-3-4-9-16-50-35(49)39-28/h5-8,10-15,17,21,25-28,31H,3-4,9,16,18-20H2,1-2H3,(H,39,49)(H,40,45)(H,47,48)/b11-6+/t25?,26-,27-,28-,36-/m0/s1. The van der Waals surface area contributed by atoms with Gasteiger partial charge in [0.15, 0.2) is 0 Å². The minimum atomic E-state index is -2.96. The number of hydrogen-bond acceptors (Lipinski definition) is 7. The molecule has 1 saturated carbocycles. The molecule has 50 heavy (non-hydrogen) atoms. The Morgan fingerprint density at radius 1 is 1.04 bits per heavy atom. The van der Waals surface area contributed by atoms with Gasteiger partial charge in [-0.2, -0.15) is 15.0 Å². The van der Waals surface area contributed by atoms with E-state index in [4.69, 9.17) is 14.9 Å². The van der Waals surface area contributed by atoms with Crippen molar-refractivity contribution in [3.63, 3.8) is 0 Å². The first-order chi connectivity index (χ1) is 24.0. The molecule has 1 aromatic heterocycles. The Bertz CT molecular complexity index is 1780. The summed E-state index contributed by atoms with van der Waals surface area (Å²) >= 11 is 0. The van der Waals surface area contributed by atoms with Gasteiger partial charge >= 0.3 is 12.1 Å². The molecule has 3 aromatic rings. The molecule has 12 nitrogen and oxygen atoms in total. The summed E-state index contributed by atoms with van der Waals surface area (Å²) in [5.74, 6) is -5.04. The number of amides is 3. The number of alkyl halides is 2. The highest BCUT2D eigenvalue weighted by atomic mass is 19.3. The molecule has 1 aliphatic carbocycles. The van der Waals surface area contributed by atoms with Gasteiger partial charge in [-0.15, -0.1) is 0 Å². The summed E-state index contributed by atoms with van der Waals surface area (Å²) in [5.41, 5.74) is 1.57. The van der Waals surface area contributed by atoms with E-state index in [1.54, 1.807) is 13.8 Å². The van der Waals surface area contributed by atoms with Crippen molar-refractivity contribution < 1.29 is 37.8 Å². The molecule has 5 atom stereocenters. The van der Waals surface area contributed by atoms with Crippen molar-refractivity contribution in [2.75, 3.05) is 13.2 Å². The van der Waals surface area contributed by atoms with Crippen molar-refractivity contribution in [1.82, 2.24) is 30.5 Å². The molecule has 0 radical (unpaired) electrons. The maximum atomic E-state index is 14.2. The molecular formula is C36H40F2N6O6. The van der Waals surface area contributed by atoms with Gasteiger partial charge in [0.1, 0.15) is 29.0 Å². The Hall–Kier alpha value is -5.14. The lowest BCUT2D eigenvalue weighted by Gasteiger charge is -2.30. The Morgan fingerprint density at radius 2 is 1.76 bits per heavy atom. The number of nitrogens with zero attached hydrogens (tertiary/aromatic N) is 4. The molecule has 2 aromatic carbocycles. The zero-order valence-corrected chi connectivity index (χ0v) is 27.8. The molecule has 1 unspecified atom stereocenters. The lowest BCUT2D eigenvalue weighted by Crippen LogP contribution is -2.57.